The zero-order valence-electron chi connectivity index (χ0n) is 20.1. The van der Waals surface area contributed by atoms with Crippen molar-refractivity contribution in [2.45, 2.75) is 26.2 Å². The lowest BCUT2D eigenvalue weighted by molar-refractivity contribution is 0.462. The third-order valence-corrected chi connectivity index (χ3v) is 6.99. The van der Waals surface area contributed by atoms with Gasteiger partial charge in [-0.2, -0.15) is 0 Å². The predicted molar refractivity (Wildman–Crippen MR) is 141 cm³/mol. The van der Waals surface area contributed by atoms with Gasteiger partial charge in [-0.1, -0.05) is 54.6 Å². The minimum absolute atomic E-state index is 0.326. The highest BCUT2D eigenvalue weighted by Crippen LogP contribution is 2.52. The van der Waals surface area contributed by atoms with E-state index in [1.165, 1.54) is 22.3 Å². The van der Waals surface area contributed by atoms with Gasteiger partial charge in [-0.05, 0) is 96.1 Å². The first kappa shape index (κ1) is 21.3. The maximum atomic E-state index is 6.07. The topological polar surface area (TPSA) is 35.0 Å². The predicted octanol–water partition coefficient (Wildman–Crippen LogP) is 7.89. The first-order chi connectivity index (χ1) is 17.0. The first-order valence-corrected chi connectivity index (χ1v) is 11.9. The standard InChI is InChI=1S/C32H26N2O/c1-21-16-17-33-31(18-21)35-25-10-7-9-23(19-25)24-14-15-27-26-11-4-5-12-28(26)32(3,29(27)20-24)30-13-6-8-22(2)34-30/h4-20H,1-3H3. The molecule has 1 aliphatic carbocycles. The van der Waals surface area contributed by atoms with Crippen LogP contribution in [-0.4, -0.2) is 9.97 Å². The summed E-state index contributed by atoms with van der Waals surface area (Å²) in [6.07, 6.45) is 1.77. The number of aryl methyl sites for hydroxylation is 2. The summed E-state index contributed by atoms with van der Waals surface area (Å²) in [4.78, 5) is 9.31. The fourth-order valence-corrected chi connectivity index (χ4v) is 5.19. The molecular formula is C32H26N2O. The van der Waals surface area contributed by atoms with E-state index in [0.29, 0.717) is 5.88 Å². The van der Waals surface area contributed by atoms with E-state index in [-0.39, 0.29) is 5.41 Å². The van der Waals surface area contributed by atoms with Crippen LogP contribution in [0, 0.1) is 13.8 Å². The Kier molecular flexibility index (Phi) is 5.00. The Morgan fingerprint density at radius 3 is 2.34 bits per heavy atom. The van der Waals surface area contributed by atoms with E-state index in [4.69, 9.17) is 9.72 Å². The van der Waals surface area contributed by atoms with Crippen LogP contribution in [0.2, 0.25) is 0 Å². The van der Waals surface area contributed by atoms with E-state index in [0.717, 1.165) is 33.8 Å². The number of ether oxygens (including phenoxy) is 1. The molecule has 3 aromatic carbocycles. The van der Waals surface area contributed by atoms with Crippen LogP contribution >= 0.6 is 0 Å². The molecule has 35 heavy (non-hydrogen) atoms. The largest absolute Gasteiger partial charge is 0.439 e. The molecule has 0 amide bonds. The van der Waals surface area contributed by atoms with Gasteiger partial charge in [0.1, 0.15) is 5.75 Å². The molecule has 0 radical (unpaired) electrons. The van der Waals surface area contributed by atoms with Crippen molar-refractivity contribution >= 4 is 0 Å². The normalized spacial score (nSPS) is 16.0. The van der Waals surface area contributed by atoms with Gasteiger partial charge in [0.2, 0.25) is 5.88 Å². The van der Waals surface area contributed by atoms with Gasteiger partial charge < -0.3 is 4.74 Å². The number of hydrogen-bond acceptors (Lipinski definition) is 3. The lowest BCUT2D eigenvalue weighted by Gasteiger charge is -2.27. The van der Waals surface area contributed by atoms with E-state index in [1.54, 1.807) is 6.20 Å². The van der Waals surface area contributed by atoms with Crippen molar-refractivity contribution in [2.24, 2.45) is 0 Å². The number of hydrogen-bond donors (Lipinski definition) is 0. The van der Waals surface area contributed by atoms with Crippen LogP contribution in [0.15, 0.2) is 103 Å². The summed E-state index contributed by atoms with van der Waals surface area (Å²) in [7, 11) is 0. The first-order valence-electron chi connectivity index (χ1n) is 11.9. The van der Waals surface area contributed by atoms with Gasteiger partial charge in [0, 0.05) is 18.0 Å². The zero-order valence-corrected chi connectivity index (χ0v) is 20.1. The summed E-state index contributed by atoms with van der Waals surface area (Å²) < 4.78 is 6.07. The van der Waals surface area contributed by atoms with Gasteiger partial charge in [0.05, 0.1) is 11.1 Å². The average molecular weight is 455 g/mol. The molecule has 0 saturated heterocycles. The zero-order chi connectivity index (χ0) is 24.0. The molecular weight excluding hydrogens is 428 g/mol. The van der Waals surface area contributed by atoms with Gasteiger partial charge in [-0.3, -0.25) is 4.98 Å². The van der Waals surface area contributed by atoms with E-state index >= 15 is 0 Å². The second-order valence-electron chi connectivity index (χ2n) is 9.40. The second-order valence-corrected chi connectivity index (χ2v) is 9.40. The molecule has 1 unspecified atom stereocenters. The molecule has 3 heteroatoms. The highest BCUT2D eigenvalue weighted by Gasteiger charge is 2.41. The summed E-state index contributed by atoms with van der Waals surface area (Å²) in [5.41, 5.74) is 10.3. The molecule has 0 spiro atoms. The monoisotopic (exact) mass is 454 g/mol. The van der Waals surface area contributed by atoms with Gasteiger partial charge >= 0.3 is 0 Å². The molecule has 0 fully saturated rings. The van der Waals surface area contributed by atoms with Crippen molar-refractivity contribution in [3.8, 4) is 33.9 Å². The van der Waals surface area contributed by atoms with Gasteiger partial charge in [-0.25, -0.2) is 4.98 Å². The quantitative estimate of drug-likeness (QED) is 0.277. The Hall–Kier alpha value is -4.24. The van der Waals surface area contributed by atoms with Crippen molar-refractivity contribution in [1.29, 1.82) is 0 Å². The van der Waals surface area contributed by atoms with Crippen molar-refractivity contribution in [2.75, 3.05) is 0 Å². The number of pyridine rings is 2. The molecule has 0 N–H and O–H groups in total. The van der Waals surface area contributed by atoms with Crippen LogP contribution in [0.5, 0.6) is 11.6 Å². The number of nitrogens with zero attached hydrogens (tertiary/aromatic N) is 2. The molecule has 2 aromatic heterocycles. The molecule has 1 aliphatic rings. The number of aromatic nitrogens is 2. The van der Waals surface area contributed by atoms with Crippen LogP contribution in [0.4, 0.5) is 0 Å². The molecule has 5 aromatic rings. The van der Waals surface area contributed by atoms with Gasteiger partial charge in [0.25, 0.3) is 0 Å². The highest BCUT2D eigenvalue weighted by atomic mass is 16.5. The Bertz CT molecular complexity index is 1570. The molecule has 170 valence electrons. The summed E-state index contributed by atoms with van der Waals surface area (Å²) in [6, 6.07) is 33.9. The number of benzene rings is 3. The summed E-state index contributed by atoms with van der Waals surface area (Å²) in [5.74, 6) is 1.37. The van der Waals surface area contributed by atoms with Crippen molar-refractivity contribution in [1.82, 2.24) is 9.97 Å². The smallest absolute Gasteiger partial charge is 0.219 e. The third kappa shape index (κ3) is 3.60. The maximum Gasteiger partial charge on any atom is 0.219 e. The van der Waals surface area contributed by atoms with E-state index < -0.39 is 0 Å². The van der Waals surface area contributed by atoms with Crippen LogP contribution in [-0.2, 0) is 5.41 Å². The summed E-state index contributed by atoms with van der Waals surface area (Å²) in [6.45, 7) is 6.39. The maximum absolute atomic E-state index is 6.07. The number of fused-ring (bicyclic) bond motifs is 3. The minimum atomic E-state index is -0.326. The molecule has 3 nitrogen and oxygen atoms in total. The lowest BCUT2D eigenvalue weighted by Crippen LogP contribution is -2.24. The van der Waals surface area contributed by atoms with Gasteiger partial charge in [0.15, 0.2) is 0 Å². The minimum Gasteiger partial charge on any atom is -0.439 e. The lowest BCUT2D eigenvalue weighted by atomic mass is 9.76. The van der Waals surface area contributed by atoms with Crippen molar-refractivity contribution in [3.63, 3.8) is 0 Å². The fourth-order valence-electron chi connectivity index (χ4n) is 5.19. The molecule has 6 rings (SSSR count). The number of rotatable bonds is 4. The van der Waals surface area contributed by atoms with Crippen LogP contribution in [0.1, 0.15) is 35.0 Å². The Morgan fingerprint density at radius 2 is 1.49 bits per heavy atom. The third-order valence-electron chi connectivity index (χ3n) is 6.99. The summed E-state index contributed by atoms with van der Waals surface area (Å²) in [5, 5.41) is 0. The van der Waals surface area contributed by atoms with Crippen LogP contribution < -0.4 is 4.74 Å². The Labute approximate surface area is 206 Å². The molecule has 1 atom stereocenters. The summed E-state index contributed by atoms with van der Waals surface area (Å²) >= 11 is 0. The van der Waals surface area contributed by atoms with Crippen LogP contribution in [0.25, 0.3) is 22.3 Å². The Balaban J connectivity index is 1.46. The average Bonchev–Trinajstić information content (AvgIpc) is 3.13. The Morgan fingerprint density at radius 1 is 0.686 bits per heavy atom. The molecule has 2 heterocycles. The van der Waals surface area contributed by atoms with E-state index in [2.05, 4.69) is 91.6 Å². The van der Waals surface area contributed by atoms with Gasteiger partial charge in [-0.15, -0.1) is 0 Å². The van der Waals surface area contributed by atoms with Crippen molar-refractivity contribution in [3.05, 3.63) is 131 Å². The molecule has 0 bridgehead atoms. The fraction of sp³-hybridized carbons (Fsp3) is 0.125. The molecule has 0 saturated carbocycles. The molecule has 0 aliphatic heterocycles. The SMILES string of the molecule is Cc1ccnc(Oc2cccc(-c3ccc4c(c3)C(C)(c3cccc(C)n3)c3ccccc3-4)c2)c1. The van der Waals surface area contributed by atoms with E-state index in [9.17, 15) is 0 Å². The van der Waals surface area contributed by atoms with Crippen LogP contribution in [0.3, 0.4) is 0 Å². The second kappa shape index (κ2) is 8.21. The van der Waals surface area contributed by atoms with E-state index in [1.807, 2.05) is 31.2 Å². The highest BCUT2D eigenvalue weighted by molar-refractivity contribution is 5.85. The van der Waals surface area contributed by atoms with Crippen molar-refractivity contribution < 1.29 is 4.74 Å².